The average Bonchev–Trinajstić information content (AvgIpc) is 3.24. The number of benzene rings is 1. The van der Waals surface area contributed by atoms with E-state index in [2.05, 4.69) is 20.6 Å². The average molecular weight is 371 g/mol. The number of aryl methyl sites for hydroxylation is 1. The Morgan fingerprint density at radius 1 is 1.46 bits per heavy atom. The number of rotatable bonds is 5. The Balaban J connectivity index is 1.65. The van der Waals surface area contributed by atoms with E-state index in [4.69, 9.17) is 21.4 Å². The van der Waals surface area contributed by atoms with Gasteiger partial charge < -0.3 is 9.84 Å². The zero-order valence-corrected chi connectivity index (χ0v) is 14.9. The summed E-state index contributed by atoms with van der Waals surface area (Å²) in [6.45, 7) is 3.95. The molecule has 0 aliphatic rings. The maximum Gasteiger partial charge on any atom is 0.315 e. The Morgan fingerprint density at radius 2 is 2.27 bits per heavy atom. The Labute approximate surface area is 154 Å². The highest BCUT2D eigenvalue weighted by molar-refractivity contribution is 6.32. The van der Waals surface area contributed by atoms with E-state index >= 15 is 0 Å². The number of nitriles is 1. The molecule has 132 valence electrons. The van der Waals surface area contributed by atoms with Crippen molar-refractivity contribution in [3.63, 3.8) is 0 Å². The molecule has 3 aromatic rings. The van der Waals surface area contributed by atoms with E-state index < -0.39 is 5.91 Å². The van der Waals surface area contributed by atoms with Crippen LogP contribution in [0.2, 0.25) is 5.02 Å². The van der Waals surface area contributed by atoms with Gasteiger partial charge in [0.2, 0.25) is 0 Å². The molecule has 0 saturated heterocycles. The van der Waals surface area contributed by atoms with Crippen LogP contribution in [0.3, 0.4) is 0 Å². The lowest BCUT2D eigenvalue weighted by molar-refractivity contribution is 0.0891. The molecule has 0 radical (unpaired) electrons. The lowest BCUT2D eigenvalue weighted by Crippen LogP contribution is -2.36. The summed E-state index contributed by atoms with van der Waals surface area (Å²) >= 11 is 6.06. The number of hydrogen-bond acceptors (Lipinski definition) is 6. The summed E-state index contributed by atoms with van der Waals surface area (Å²) < 4.78 is 6.55. The monoisotopic (exact) mass is 370 g/mol. The summed E-state index contributed by atoms with van der Waals surface area (Å²) in [5, 5.41) is 20.2. The summed E-state index contributed by atoms with van der Waals surface area (Å²) in [5.41, 5.74) is 1.95. The van der Waals surface area contributed by atoms with Crippen molar-refractivity contribution >= 4 is 17.5 Å². The van der Waals surface area contributed by atoms with Crippen molar-refractivity contribution in [2.75, 3.05) is 0 Å². The van der Waals surface area contributed by atoms with E-state index in [1.54, 1.807) is 36.0 Å². The number of nitrogens with zero attached hydrogens (tertiary/aromatic N) is 5. The molecule has 1 unspecified atom stereocenters. The molecule has 0 saturated carbocycles. The molecule has 1 aromatic carbocycles. The highest BCUT2D eigenvalue weighted by Crippen LogP contribution is 2.24. The zero-order chi connectivity index (χ0) is 18.7. The summed E-state index contributed by atoms with van der Waals surface area (Å²) in [6.07, 6.45) is 1.81. The van der Waals surface area contributed by atoms with Gasteiger partial charge in [-0.3, -0.25) is 9.48 Å². The van der Waals surface area contributed by atoms with Crippen LogP contribution in [0, 0.1) is 18.3 Å². The van der Waals surface area contributed by atoms with Crippen LogP contribution in [0.5, 0.6) is 0 Å². The Morgan fingerprint density at radius 3 is 2.92 bits per heavy atom. The smallest absolute Gasteiger partial charge is 0.315 e. The molecule has 0 spiro atoms. The van der Waals surface area contributed by atoms with Crippen LogP contribution in [-0.2, 0) is 6.54 Å². The lowest BCUT2D eigenvalue weighted by Gasteiger charge is -2.12. The van der Waals surface area contributed by atoms with E-state index in [0.29, 0.717) is 23.0 Å². The van der Waals surface area contributed by atoms with Crippen molar-refractivity contribution in [3.05, 3.63) is 52.8 Å². The molecule has 1 amide bonds. The minimum atomic E-state index is -0.427. The first-order valence-electron chi connectivity index (χ1n) is 7.81. The fourth-order valence-electron chi connectivity index (χ4n) is 2.38. The number of amides is 1. The summed E-state index contributed by atoms with van der Waals surface area (Å²) in [6, 6.07) is 8.82. The molecule has 26 heavy (non-hydrogen) atoms. The minimum Gasteiger partial charge on any atom is -0.344 e. The van der Waals surface area contributed by atoms with E-state index in [1.807, 2.05) is 19.1 Å². The van der Waals surface area contributed by atoms with Crippen LogP contribution < -0.4 is 5.32 Å². The highest BCUT2D eigenvalue weighted by Gasteiger charge is 2.16. The SMILES string of the molecule is Cc1noc(C(=O)NC(C)Cn2ccc(-c3ccc(C#N)c(Cl)c3)n2)n1. The van der Waals surface area contributed by atoms with Crippen LogP contribution in [0.4, 0.5) is 0 Å². The molecule has 9 heteroatoms. The van der Waals surface area contributed by atoms with Crippen molar-refractivity contribution in [1.29, 1.82) is 5.26 Å². The Kier molecular flexibility index (Phi) is 5.00. The maximum absolute atomic E-state index is 12.0. The van der Waals surface area contributed by atoms with Gasteiger partial charge in [0.05, 0.1) is 22.8 Å². The van der Waals surface area contributed by atoms with Crippen LogP contribution in [0.1, 0.15) is 29.0 Å². The van der Waals surface area contributed by atoms with Gasteiger partial charge in [-0.25, -0.2) is 0 Å². The second-order valence-electron chi connectivity index (χ2n) is 5.75. The van der Waals surface area contributed by atoms with Crippen LogP contribution >= 0.6 is 11.6 Å². The van der Waals surface area contributed by atoms with E-state index in [-0.39, 0.29) is 11.9 Å². The molecule has 0 aliphatic carbocycles. The summed E-state index contributed by atoms with van der Waals surface area (Å²) in [7, 11) is 0. The van der Waals surface area contributed by atoms with Gasteiger partial charge in [-0.15, -0.1) is 0 Å². The molecule has 1 atom stereocenters. The highest BCUT2D eigenvalue weighted by atomic mass is 35.5. The van der Waals surface area contributed by atoms with Crippen molar-refractivity contribution in [1.82, 2.24) is 25.2 Å². The normalized spacial score (nSPS) is 11.8. The molecule has 2 heterocycles. The van der Waals surface area contributed by atoms with Crippen molar-refractivity contribution < 1.29 is 9.32 Å². The number of carbonyl (C=O) groups is 1. The molecule has 8 nitrogen and oxygen atoms in total. The standard InChI is InChI=1S/C17H15ClN6O2/c1-10(20-16(25)17-21-11(2)23-26-17)9-24-6-5-15(22-24)12-3-4-13(8-19)14(18)7-12/h3-7,10H,9H2,1-2H3,(H,20,25). The van der Waals surface area contributed by atoms with Gasteiger partial charge in [0.25, 0.3) is 0 Å². The van der Waals surface area contributed by atoms with Gasteiger partial charge in [-0.05, 0) is 32.0 Å². The van der Waals surface area contributed by atoms with Crippen molar-refractivity contribution in [2.24, 2.45) is 0 Å². The maximum atomic E-state index is 12.0. The van der Waals surface area contributed by atoms with Gasteiger partial charge in [0.15, 0.2) is 5.82 Å². The second kappa shape index (κ2) is 7.37. The molecular weight excluding hydrogens is 356 g/mol. The first kappa shape index (κ1) is 17.6. The van der Waals surface area contributed by atoms with Gasteiger partial charge in [-0.2, -0.15) is 15.3 Å². The Hall–Kier alpha value is -3.18. The number of nitrogens with one attached hydrogen (secondary N) is 1. The van der Waals surface area contributed by atoms with E-state index in [0.717, 1.165) is 11.3 Å². The number of aromatic nitrogens is 4. The number of halogens is 1. The van der Waals surface area contributed by atoms with Crippen LogP contribution in [-0.4, -0.2) is 31.9 Å². The zero-order valence-electron chi connectivity index (χ0n) is 14.1. The fourth-order valence-corrected chi connectivity index (χ4v) is 2.61. The quantitative estimate of drug-likeness (QED) is 0.739. The molecule has 3 rings (SSSR count). The molecular formula is C17H15ClN6O2. The van der Waals surface area contributed by atoms with Gasteiger partial charge in [0.1, 0.15) is 6.07 Å². The predicted molar refractivity (Wildman–Crippen MR) is 93.4 cm³/mol. The third kappa shape index (κ3) is 3.90. The first-order chi connectivity index (χ1) is 12.5. The molecule has 0 fully saturated rings. The lowest BCUT2D eigenvalue weighted by atomic mass is 10.1. The second-order valence-corrected chi connectivity index (χ2v) is 6.16. The Bertz CT molecular complexity index is 987. The third-order valence-electron chi connectivity index (χ3n) is 3.59. The third-order valence-corrected chi connectivity index (χ3v) is 3.90. The first-order valence-corrected chi connectivity index (χ1v) is 8.18. The molecule has 0 aliphatic heterocycles. The number of hydrogen-bond donors (Lipinski definition) is 1. The van der Waals surface area contributed by atoms with Gasteiger partial charge in [0, 0.05) is 17.8 Å². The number of carbonyl (C=O) groups excluding carboxylic acids is 1. The largest absolute Gasteiger partial charge is 0.344 e. The van der Waals surface area contributed by atoms with Crippen LogP contribution in [0.25, 0.3) is 11.3 Å². The predicted octanol–water partition coefficient (Wildman–Crippen LogP) is 2.59. The van der Waals surface area contributed by atoms with E-state index in [1.165, 1.54) is 0 Å². The van der Waals surface area contributed by atoms with Crippen molar-refractivity contribution in [2.45, 2.75) is 26.4 Å². The fraction of sp³-hybridized carbons (Fsp3) is 0.235. The van der Waals surface area contributed by atoms with Crippen molar-refractivity contribution in [3.8, 4) is 17.3 Å². The van der Waals surface area contributed by atoms with E-state index in [9.17, 15) is 4.79 Å². The van der Waals surface area contributed by atoms with Gasteiger partial charge >= 0.3 is 11.8 Å². The van der Waals surface area contributed by atoms with Gasteiger partial charge in [-0.1, -0.05) is 22.8 Å². The van der Waals surface area contributed by atoms with Crippen LogP contribution in [0.15, 0.2) is 35.0 Å². The summed E-state index contributed by atoms with van der Waals surface area (Å²) in [5.74, 6) is -0.0901. The molecule has 2 aromatic heterocycles. The minimum absolute atomic E-state index is 0.0669. The molecule has 1 N–H and O–H groups in total. The topological polar surface area (TPSA) is 110 Å². The molecule has 0 bridgehead atoms. The summed E-state index contributed by atoms with van der Waals surface area (Å²) in [4.78, 5) is 15.9.